The molecule has 1 unspecified atom stereocenters. The zero-order chi connectivity index (χ0) is 10.3. The van der Waals surface area contributed by atoms with Gasteiger partial charge in [-0.2, -0.15) is 12.6 Å². The lowest BCUT2D eigenvalue weighted by molar-refractivity contribution is -0.145. The van der Waals surface area contributed by atoms with Crippen LogP contribution in [-0.2, 0) is 19.1 Å². The SMILES string of the molecule is COC(=O)CCC(CS)C(=O)OC. The van der Waals surface area contributed by atoms with E-state index >= 15 is 0 Å². The van der Waals surface area contributed by atoms with E-state index in [-0.39, 0.29) is 24.3 Å². The fourth-order valence-corrected chi connectivity index (χ4v) is 1.18. The van der Waals surface area contributed by atoms with Gasteiger partial charge in [-0.15, -0.1) is 0 Å². The maximum Gasteiger partial charge on any atom is 0.309 e. The minimum atomic E-state index is -0.334. The fourth-order valence-electron chi connectivity index (χ4n) is 0.844. The molecule has 0 N–H and O–H groups in total. The number of methoxy groups -OCH3 is 2. The van der Waals surface area contributed by atoms with Crippen molar-refractivity contribution >= 4 is 24.6 Å². The van der Waals surface area contributed by atoms with Crippen LogP contribution in [0.25, 0.3) is 0 Å². The van der Waals surface area contributed by atoms with Crippen LogP contribution in [0.2, 0.25) is 0 Å². The van der Waals surface area contributed by atoms with Gasteiger partial charge in [-0.25, -0.2) is 0 Å². The maximum absolute atomic E-state index is 11.0. The molecule has 1 atom stereocenters. The topological polar surface area (TPSA) is 52.6 Å². The molecule has 0 amide bonds. The predicted molar refractivity (Wildman–Crippen MR) is 50.6 cm³/mol. The molecule has 5 heteroatoms. The van der Waals surface area contributed by atoms with Crippen LogP contribution in [0.5, 0.6) is 0 Å². The molecular formula is C8H14O4S. The second-order valence-electron chi connectivity index (χ2n) is 2.52. The number of carbonyl (C=O) groups is 2. The Hall–Kier alpha value is -0.710. The van der Waals surface area contributed by atoms with Crippen LogP contribution in [0.1, 0.15) is 12.8 Å². The van der Waals surface area contributed by atoms with E-state index < -0.39 is 0 Å². The van der Waals surface area contributed by atoms with E-state index in [1.807, 2.05) is 0 Å². The second kappa shape index (κ2) is 6.77. The molecule has 0 saturated carbocycles. The van der Waals surface area contributed by atoms with Gasteiger partial charge in [-0.3, -0.25) is 9.59 Å². The number of ether oxygens (including phenoxy) is 2. The summed E-state index contributed by atoms with van der Waals surface area (Å²) in [7, 11) is 2.63. The van der Waals surface area contributed by atoms with Crippen LogP contribution in [0.15, 0.2) is 0 Å². The first-order valence-electron chi connectivity index (χ1n) is 3.91. The summed E-state index contributed by atoms with van der Waals surface area (Å²) in [6.45, 7) is 0. The van der Waals surface area contributed by atoms with E-state index in [2.05, 4.69) is 22.1 Å². The van der Waals surface area contributed by atoms with Crippen molar-refractivity contribution in [2.75, 3.05) is 20.0 Å². The summed E-state index contributed by atoms with van der Waals surface area (Å²) >= 11 is 3.99. The normalized spacial score (nSPS) is 11.9. The summed E-state index contributed by atoms with van der Waals surface area (Å²) in [5, 5.41) is 0. The van der Waals surface area contributed by atoms with Crippen LogP contribution in [0, 0.1) is 5.92 Å². The van der Waals surface area contributed by atoms with Gasteiger partial charge in [0, 0.05) is 12.2 Å². The Labute approximate surface area is 83.0 Å². The lowest BCUT2D eigenvalue weighted by atomic mass is 10.1. The predicted octanol–water partition coefficient (Wildman–Crippen LogP) is 0.659. The monoisotopic (exact) mass is 206 g/mol. The van der Waals surface area contributed by atoms with Crippen molar-refractivity contribution < 1.29 is 19.1 Å². The van der Waals surface area contributed by atoms with Gasteiger partial charge < -0.3 is 9.47 Å². The summed E-state index contributed by atoms with van der Waals surface area (Å²) in [5.41, 5.74) is 0. The Kier molecular flexibility index (Phi) is 6.40. The molecule has 0 spiro atoms. The number of hydrogen-bond acceptors (Lipinski definition) is 5. The molecule has 0 saturated heterocycles. The summed E-state index contributed by atoms with van der Waals surface area (Å²) in [4.78, 5) is 21.8. The van der Waals surface area contributed by atoms with E-state index in [0.717, 1.165) is 0 Å². The van der Waals surface area contributed by atoms with Gasteiger partial charge in [0.25, 0.3) is 0 Å². The second-order valence-corrected chi connectivity index (χ2v) is 2.88. The van der Waals surface area contributed by atoms with Gasteiger partial charge in [0.2, 0.25) is 0 Å². The molecule has 0 aromatic carbocycles. The summed E-state index contributed by atoms with van der Waals surface area (Å²) in [5.74, 6) is -0.606. The number of esters is 2. The third-order valence-corrected chi connectivity index (χ3v) is 2.12. The Morgan fingerprint density at radius 3 is 2.31 bits per heavy atom. The molecule has 0 radical (unpaired) electrons. The Bertz CT molecular complexity index is 181. The van der Waals surface area contributed by atoms with Crippen LogP contribution < -0.4 is 0 Å². The van der Waals surface area contributed by atoms with Crippen molar-refractivity contribution in [3.8, 4) is 0 Å². The van der Waals surface area contributed by atoms with E-state index in [1.54, 1.807) is 0 Å². The number of thiol groups is 1. The minimum absolute atomic E-state index is 0.219. The summed E-state index contributed by atoms with van der Waals surface area (Å²) in [6.07, 6.45) is 0.639. The molecule has 0 heterocycles. The first-order chi connectivity index (χ1) is 6.15. The Morgan fingerprint density at radius 2 is 1.92 bits per heavy atom. The van der Waals surface area contributed by atoms with Crippen LogP contribution in [0.3, 0.4) is 0 Å². The Morgan fingerprint density at radius 1 is 1.31 bits per heavy atom. The molecule has 0 aliphatic rings. The quantitative estimate of drug-likeness (QED) is 0.530. The van der Waals surface area contributed by atoms with Crippen molar-refractivity contribution in [2.24, 2.45) is 5.92 Å². The van der Waals surface area contributed by atoms with E-state index in [4.69, 9.17) is 0 Å². The number of carbonyl (C=O) groups excluding carboxylic acids is 2. The van der Waals surface area contributed by atoms with Crippen molar-refractivity contribution in [3.05, 3.63) is 0 Å². The van der Waals surface area contributed by atoms with E-state index in [9.17, 15) is 9.59 Å². The highest BCUT2D eigenvalue weighted by atomic mass is 32.1. The highest BCUT2D eigenvalue weighted by molar-refractivity contribution is 7.80. The molecule has 0 rings (SSSR count). The van der Waals surface area contributed by atoms with Crippen molar-refractivity contribution in [1.82, 2.24) is 0 Å². The van der Waals surface area contributed by atoms with Crippen LogP contribution in [0.4, 0.5) is 0 Å². The molecule has 0 aliphatic heterocycles. The third kappa shape index (κ3) is 4.77. The maximum atomic E-state index is 11.0. The summed E-state index contributed by atoms with van der Waals surface area (Å²) < 4.78 is 8.97. The van der Waals surface area contributed by atoms with Gasteiger partial charge in [-0.1, -0.05) is 0 Å². The fraction of sp³-hybridized carbons (Fsp3) is 0.750. The molecule has 76 valence electrons. The van der Waals surface area contributed by atoms with Crippen molar-refractivity contribution in [2.45, 2.75) is 12.8 Å². The van der Waals surface area contributed by atoms with Gasteiger partial charge >= 0.3 is 11.9 Å². The van der Waals surface area contributed by atoms with Gasteiger partial charge in [0.1, 0.15) is 0 Å². The van der Waals surface area contributed by atoms with E-state index in [1.165, 1.54) is 14.2 Å². The lowest BCUT2D eigenvalue weighted by Crippen LogP contribution is -2.19. The third-order valence-electron chi connectivity index (χ3n) is 1.68. The largest absolute Gasteiger partial charge is 0.469 e. The molecule has 0 fully saturated rings. The van der Waals surface area contributed by atoms with Crippen LogP contribution >= 0.6 is 12.6 Å². The first-order valence-corrected chi connectivity index (χ1v) is 4.54. The Balaban J connectivity index is 3.85. The van der Waals surface area contributed by atoms with E-state index in [0.29, 0.717) is 12.2 Å². The molecule has 0 aliphatic carbocycles. The van der Waals surface area contributed by atoms with Crippen LogP contribution in [-0.4, -0.2) is 31.9 Å². The smallest absolute Gasteiger partial charge is 0.309 e. The molecular weight excluding hydrogens is 192 g/mol. The van der Waals surface area contributed by atoms with Crippen molar-refractivity contribution in [1.29, 1.82) is 0 Å². The molecule has 0 aromatic heterocycles. The average molecular weight is 206 g/mol. The van der Waals surface area contributed by atoms with Gasteiger partial charge in [-0.05, 0) is 6.42 Å². The highest BCUT2D eigenvalue weighted by Gasteiger charge is 2.18. The minimum Gasteiger partial charge on any atom is -0.469 e. The average Bonchev–Trinajstić information content (AvgIpc) is 2.17. The number of rotatable bonds is 5. The molecule has 0 aromatic rings. The number of hydrogen-bond donors (Lipinski definition) is 1. The summed E-state index contributed by atoms with van der Waals surface area (Å²) in [6, 6.07) is 0. The van der Waals surface area contributed by atoms with Crippen molar-refractivity contribution in [3.63, 3.8) is 0 Å². The standard InChI is InChI=1S/C8H14O4S/c1-11-7(9)4-3-6(5-13)8(10)12-2/h6,13H,3-5H2,1-2H3. The zero-order valence-electron chi connectivity index (χ0n) is 7.78. The lowest BCUT2D eigenvalue weighted by Gasteiger charge is -2.10. The highest BCUT2D eigenvalue weighted by Crippen LogP contribution is 2.10. The van der Waals surface area contributed by atoms with Gasteiger partial charge in [0.05, 0.1) is 20.1 Å². The van der Waals surface area contributed by atoms with Gasteiger partial charge in [0.15, 0.2) is 0 Å². The molecule has 4 nitrogen and oxygen atoms in total. The zero-order valence-corrected chi connectivity index (χ0v) is 8.67. The molecule has 0 bridgehead atoms. The molecule has 13 heavy (non-hydrogen) atoms. The first kappa shape index (κ1) is 12.3.